The SMILES string of the molecule is CCCCNC(=O)/C=C/c1cn(CCC#N)c2ccccc12. The Morgan fingerprint density at radius 1 is 1.41 bits per heavy atom. The highest BCUT2D eigenvalue weighted by atomic mass is 16.1. The van der Waals surface area contributed by atoms with Crippen LogP contribution in [0.4, 0.5) is 0 Å². The normalized spacial score (nSPS) is 10.9. The molecule has 2 aromatic rings. The molecule has 1 amide bonds. The highest BCUT2D eigenvalue weighted by Crippen LogP contribution is 2.22. The third-order valence-electron chi connectivity index (χ3n) is 3.53. The molecule has 1 N–H and O–H groups in total. The lowest BCUT2D eigenvalue weighted by atomic mass is 10.1. The summed E-state index contributed by atoms with van der Waals surface area (Å²) in [4.78, 5) is 11.8. The van der Waals surface area contributed by atoms with Crippen molar-refractivity contribution in [3.05, 3.63) is 42.1 Å². The van der Waals surface area contributed by atoms with Crippen LogP contribution in [0.3, 0.4) is 0 Å². The fourth-order valence-electron chi connectivity index (χ4n) is 2.38. The average Bonchev–Trinajstić information content (AvgIpc) is 2.89. The van der Waals surface area contributed by atoms with Crippen LogP contribution in [-0.4, -0.2) is 17.0 Å². The molecule has 1 aromatic heterocycles. The fourth-order valence-corrected chi connectivity index (χ4v) is 2.38. The molecule has 0 aliphatic heterocycles. The van der Waals surface area contributed by atoms with Crippen molar-refractivity contribution in [2.45, 2.75) is 32.7 Å². The number of nitriles is 1. The molecule has 1 heterocycles. The third-order valence-corrected chi connectivity index (χ3v) is 3.53. The minimum atomic E-state index is -0.0673. The van der Waals surface area contributed by atoms with Gasteiger partial charge in [0.05, 0.1) is 12.5 Å². The molecule has 0 bridgehead atoms. The van der Waals surface area contributed by atoms with Crippen molar-refractivity contribution in [1.82, 2.24) is 9.88 Å². The number of nitrogens with zero attached hydrogens (tertiary/aromatic N) is 2. The summed E-state index contributed by atoms with van der Waals surface area (Å²) >= 11 is 0. The molecule has 2 rings (SSSR count). The molecule has 1 aromatic carbocycles. The molecule has 0 atom stereocenters. The lowest BCUT2D eigenvalue weighted by Gasteiger charge is -2.00. The van der Waals surface area contributed by atoms with E-state index >= 15 is 0 Å². The second-order valence-electron chi connectivity index (χ2n) is 5.18. The van der Waals surface area contributed by atoms with E-state index in [1.165, 1.54) is 0 Å². The first-order valence-electron chi connectivity index (χ1n) is 7.67. The summed E-state index contributed by atoms with van der Waals surface area (Å²) in [6.45, 7) is 3.47. The van der Waals surface area contributed by atoms with Crippen molar-refractivity contribution in [2.75, 3.05) is 6.54 Å². The van der Waals surface area contributed by atoms with Gasteiger partial charge in [0.2, 0.25) is 5.91 Å². The number of aromatic nitrogens is 1. The van der Waals surface area contributed by atoms with Gasteiger partial charge in [0.15, 0.2) is 0 Å². The van der Waals surface area contributed by atoms with Crippen LogP contribution < -0.4 is 5.32 Å². The van der Waals surface area contributed by atoms with Gasteiger partial charge in [-0.1, -0.05) is 31.5 Å². The van der Waals surface area contributed by atoms with Crippen LogP contribution in [0, 0.1) is 11.3 Å². The van der Waals surface area contributed by atoms with E-state index in [1.807, 2.05) is 36.5 Å². The van der Waals surface area contributed by atoms with Crippen LogP contribution in [-0.2, 0) is 11.3 Å². The molecule has 0 spiro atoms. The molecule has 4 nitrogen and oxygen atoms in total. The minimum absolute atomic E-state index is 0.0673. The van der Waals surface area contributed by atoms with Crippen LogP contribution in [0.5, 0.6) is 0 Å². The second-order valence-corrected chi connectivity index (χ2v) is 5.18. The maximum atomic E-state index is 11.8. The zero-order valence-electron chi connectivity index (χ0n) is 12.9. The summed E-state index contributed by atoms with van der Waals surface area (Å²) in [7, 11) is 0. The number of nitrogens with one attached hydrogen (secondary N) is 1. The van der Waals surface area contributed by atoms with Gasteiger partial charge in [-0.3, -0.25) is 4.79 Å². The summed E-state index contributed by atoms with van der Waals surface area (Å²) in [6.07, 6.45) is 7.94. The van der Waals surface area contributed by atoms with Gasteiger partial charge >= 0.3 is 0 Å². The van der Waals surface area contributed by atoms with Crippen LogP contribution in [0.25, 0.3) is 17.0 Å². The van der Waals surface area contributed by atoms with E-state index in [0.717, 1.165) is 29.3 Å². The molecule has 0 aliphatic rings. The summed E-state index contributed by atoms with van der Waals surface area (Å²) in [5.74, 6) is -0.0673. The van der Waals surface area contributed by atoms with Crippen molar-refractivity contribution in [3.8, 4) is 6.07 Å². The molecule has 0 unspecified atom stereocenters. The Labute approximate surface area is 131 Å². The van der Waals surface area contributed by atoms with E-state index in [0.29, 0.717) is 19.5 Å². The lowest BCUT2D eigenvalue weighted by Crippen LogP contribution is -2.21. The van der Waals surface area contributed by atoms with Gasteiger partial charge in [-0.05, 0) is 18.6 Å². The van der Waals surface area contributed by atoms with Gasteiger partial charge in [-0.2, -0.15) is 5.26 Å². The highest BCUT2D eigenvalue weighted by Gasteiger charge is 2.06. The fraction of sp³-hybridized carbons (Fsp3) is 0.333. The van der Waals surface area contributed by atoms with Crippen molar-refractivity contribution >= 4 is 22.9 Å². The van der Waals surface area contributed by atoms with Crippen LogP contribution in [0.1, 0.15) is 31.7 Å². The molecular weight excluding hydrogens is 274 g/mol. The van der Waals surface area contributed by atoms with Crippen LogP contribution in [0.15, 0.2) is 36.5 Å². The lowest BCUT2D eigenvalue weighted by molar-refractivity contribution is -0.116. The van der Waals surface area contributed by atoms with Gasteiger partial charge in [-0.25, -0.2) is 0 Å². The number of aryl methyl sites for hydroxylation is 1. The van der Waals surface area contributed by atoms with Crippen molar-refractivity contribution in [1.29, 1.82) is 5.26 Å². The first-order chi connectivity index (χ1) is 10.8. The smallest absolute Gasteiger partial charge is 0.244 e. The Morgan fingerprint density at radius 3 is 3.00 bits per heavy atom. The number of hydrogen-bond acceptors (Lipinski definition) is 2. The molecule has 0 saturated carbocycles. The number of benzene rings is 1. The third kappa shape index (κ3) is 3.98. The van der Waals surface area contributed by atoms with E-state index < -0.39 is 0 Å². The molecule has 0 fully saturated rings. The number of carbonyl (C=O) groups excluding carboxylic acids is 1. The zero-order chi connectivity index (χ0) is 15.8. The Bertz CT molecular complexity index is 707. The van der Waals surface area contributed by atoms with E-state index in [-0.39, 0.29) is 5.91 Å². The second kappa shape index (κ2) is 8.04. The Hall–Kier alpha value is -2.54. The standard InChI is InChI=1S/C18H21N3O/c1-2-3-12-20-18(22)10-9-15-14-21(13-6-11-19)17-8-5-4-7-16(15)17/h4-5,7-10,14H,2-3,6,12-13H2,1H3,(H,20,22)/b10-9+. The molecule has 114 valence electrons. The van der Waals surface area contributed by atoms with E-state index in [1.54, 1.807) is 6.08 Å². The van der Waals surface area contributed by atoms with E-state index in [9.17, 15) is 4.79 Å². The number of hydrogen-bond donors (Lipinski definition) is 1. The Balaban J connectivity index is 2.17. The van der Waals surface area contributed by atoms with Crippen LogP contribution >= 0.6 is 0 Å². The van der Waals surface area contributed by atoms with Crippen LogP contribution in [0.2, 0.25) is 0 Å². The Kier molecular flexibility index (Phi) is 5.79. The number of carbonyl (C=O) groups is 1. The average molecular weight is 295 g/mol. The first kappa shape index (κ1) is 15.8. The van der Waals surface area contributed by atoms with Crippen molar-refractivity contribution in [2.24, 2.45) is 0 Å². The monoisotopic (exact) mass is 295 g/mol. The summed E-state index contributed by atoms with van der Waals surface area (Å²) in [5, 5.41) is 12.7. The van der Waals surface area contributed by atoms with Crippen molar-refractivity contribution in [3.63, 3.8) is 0 Å². The zero-order valence-corrected chi connectivity index (χ0v) is 12.9. The summed E-state index contributed by atoms with van der Waals surface area (Å²) in [5.41, 5.74) is 2.09. The van der Waals surface area contributed by atoms with E-state index in [2.05, 4.69) is 22.9 Å². The summed E-state index contributed by atoms with van der Waals surface area (Å²) in [6, 6.07) is 10.2. The molecule has 0 saturated heterocycles. The number of fused-ring (bicyclic) bond motifs is 1. The molecule has 22 heavy (non-hydrogen) atoms. The first-order valence-corrected chi connectivity index (χ1v) is 7.67. The van der Waals surface area contributed by atoms with Gasteiger partial charge in [-0.15, -0.1) is 0 Å². The molecule has 4 heteroatoms. The molecule has 0 radical (unpaired) electrons. The van der Waals surface area contributed by atoms with Gasteiger partial charge < -0.3 is 9.88 Å². The van der Waals surface area contributed by atoms with Gasteiger partial charge in [0.25, 0.3) is 0 Å². The predicted octanol–water partition coefficient (Wildman–Crippen LogP) is 3.48. The summed E-state index contributed by atoms with van der Waals surface area (Å²) < 4.78 is 2.06. The quantitative estimate of drug-likeness (QED) is 0.628. The van der Waals surface area contributed by atoms with Gasteiger partial charge in [0.1, 0.15) is 0 Å². The maximum absolute atomic E-state index is 11.8. The predicted molar refractivity (Wildman–Crippen MR) is 89.1 cm³/mol. The maximum Gasteiger partial charge on any atom is 0.244 e. The highest BCUT2D eigenvalue weighted by molar-refractivity contribution is 5.96. The molecular formula is C18H21N3O. The van der Waals surface area contributed by atoms with Gasteiger partial charge in [0, 0.05) is 41.8 Å². The molecule has 0 aliphatic carbocycles. The Morgan fingerprint density at radius 2 is 2.23 bits per heavy atom. The number of amides is 1. The number of rotatable bonds is 7. The van der Waals surface area contributed by atoms with Crippen molar-refractivity contribution < 1.29 is 4.79 Å². The van der Waals surface area contributed by atoms with E-state index in [4.69, 9.17) is 5.26 Å². The number of unbranched alkanes of at least 4 members (excludes halogenated alkanes) is 1. The number of para-hydroxylation sites is 1. The topological polar surface area (TPSA) is 57.8 Å². The minimum Gasteiger partial charge on any atom is -0.353 e. The largest absolute Gasteiger partial charge is 0.353 e.